The van der Waals surface area contributed by atoms with Crippen molar-refractivity contribution < 1.29 is 22.7 Å². The molecule has 0 saturated carbocycles. The van der Waals surface area contributed by atoms with Crippen molar-refractivity contribution in [2.24, 2.45) is 0 Å². The van der Waals surface area contributed by atoms with Gasteiger partial charge >= 0.3 is 0 Å². The molecule has 0 spiro atoms. The average Bonchev–Trinajstić information content (AvgIpc) is 2.95. The molecule has 0 unspecified atom stereocenters. The maximum atomic E-state index is 13.9. The Morgan fingerprint density at radius 2 is 1.59 bits per heavy atom. The van der Waals surface area contributed by atoms with Gasteiger partial charge in [0, 0.05) is 13.1 Å². The molecule has 0 saturated heterocycles. The lowest BCUT2D eigenvalue weighted by Crippen LogP contribution is -2.51. The van der Waals surface area contributed by atoms with Gasteiger partial charge in [0.1, 0.15) is 18.3 Å². The zero-order valence-corrected chi connectivity index (χ0v) is 23.8. The maximum absolute atomic E-state index is 13.9. The average molecular weight is 552 g/mol. The maximum Gasteiger partial charge on any atom is 0.264 e. The van der Waals surface area contributed by atoms with Gasteiger partial charge in [-0.1, -0.05) is 61.4 Å². The van der Waals surface area contributed by atoms with E-state index in [9.17, 15) is 18.0 Å². The molecule has 9 heteroatoms. The van der Waals surface area contributed by atoms with Crippen molar-refractivity contribution in [3.05, 3.63) is 90.0 Å². The summed E-state index contributed by atoms with van der Waals surface area (Å²) in [6.45, 7) is 5.75. The predicted octanol–water partition coefficient (Wildman–Crippen LogP) is 4.53. The number of sulfonamides is 1. The van der Waals surface area contributed by atoms with Crippen molar-refractivity contribution >= 4 is 27.5 Å². The van der Waals surface area contributed by atoms with Gasteiger partial charge in [-0.15, -0.1) is 0 Å². The van der Waals surface area contributed by atoms with Gasteiger partial charge in [-0.25, -0.2) is 8.42 Å². The summed E-state index contributed by atoms with van der Waals surface area (Å²) in [7, 11) is -2.50. The van der Waals surface area contributed by atoms with Gasteiger partial charge in [0.2, 0.25) is 11.8 Å². The first-order valence-corrected chi connectivity index (χ1v) is 14.5. The molecule has 3 aromatic carbocycles. The Balaban J connectivity index is 1.97. The number of ether oxygens (including phenoxy) is 1. The van der Waals surface area contributed by atoms with Crippen molar-refractivity contribution in [3.8, 4) is 5.75 Å². The highest BCUT2D eigenvalue weighted by atomic mass is 32.2. The van der Waals surface area contributed by atoms with E-state index in [1.807, 2.05) is 26.0 Å². The Morgan fingerprint density at radius 1 is 0.949 bits per heavy atom. The fourth-order valence-electron chi connectivity index (χ4n) is 4.01. The molecule has 8 nitrogen and oxygen atoms in total. The van der Waals surface area contributed by atoms with E-state index in [0.717, 1.165) is 28.3 Å². The van der Waals surface area contributed by atoms with Gasteiger partial charge in [0.25, 0.3) is 10.0 Å². The van der Waals surface area contributed by atoms with Gasteiger partial charge in [-0.2, -0.15) is 0 Å². The molecule has 0 aliphatic rings. The lowest BCUT2D eigenvalue weighted by molar-refractivity contribution is -0.139. The molecule has 3 rings (SSSR count). The molecule has 0 heterocycles. The number of rotatable bonds is 13. The largest absolute Gasteiger partial charge is 0.497 e. The highest BCUT2D eigenvalue weighted by Gasteiger charge is 2.32. The number of carbonyl (C=O) groups is 2. The summed E-state index contributed by atoms with van der Waals surface area (Å²) in [5, 5.41) is 2.89. The summed E-state index contributed by atoms with van der Waals surface area (Å²) in [6.07, 6.45) is 1.74. The molecule has 39 heavy (non-hydrogen) atoms. The van der Waals surface area contributed by atoms with Crippen LogP contribution in [0.25, 0.3) is 0 Å². The van der Waals surface area contributed by atoms with Crippen LogP contribution in [0.5, 0.6) is 5.75 Å². The van der Waals surface area contributed by atoms with E-state index in [-0.39, 0.29) is 17.3 Å². The fourth-order valence-corrected chi connectivity index (χ4v) is 5.44. The highest BCUT2D eigenvalue weighted by Crippen LogP contribution is 2.25. The van der Waals surface area contributed by atoms with Gasteiger partial charge in [-0.05, 0) is 62.2 Å². The SMILES string of the molecule is CCCCNC(=O)[C@@H](C)N(Cc1ccc(OC)cc1)C(=O)CN(c1ccc(C)cc1)S(=O)(=O)c1ccccc1. The van der Waals surface area contributed by atoms with E-state index < -0.39 is 28.5 Å². The molecule has 1 atom stereocenters. The standard InChI is InChI=1S/C30H37N3O5S/c1-5-6-20-31-30(35)24(3)32(21-25-14-18-27(38-4)19-15-25)29(34)22-33(26-16-12-23(2)13-17-26)39(36,37)28-10-8-7-9-11-28/h7-19,24H,5-6,20-22H2,1-4H3,(H,31,35)/t24-/m1/s1. The minimum absolute atomic E-state index is 0.0745. The van der Waals surface area contributed by atoms with Crippen LogP contribution in [0.4, 0.5) is 5.69 Å². The Hall–Kier alpha value is -3.85. The molecule has 0 aliphatic carbocycles. The van der Waals surface area contributed by atoms with Crippen LogP contribution in [0.2, 0.25) is 0 Å². The van der Waals surface area contributed by atoms with Crippen LogP contribution in [0.3, 0.4) is 0 Å². The third-order valence-corrected chi connectivity index (χ3v) is 8.23. The van der Waals surface area contributed by atoms with Crippen LogP contribution < -0.4 is 14.4 Å². The molecule has 0 aromatic heterocycles. The number of benzene rings is 3. The number of aryl methyl sites for hydroxylation is 1. The van der Waals surface area contributed by atoms with Crippen molar-refractivity contribution in [3.63, 3.8) is 0 Å². The van der Waals surface area contributed by atoms with Crippen molar-refractivity contribution in [2.45, 2.75) is 51.1 Å². The van der Waals surface area contributed by atoms with Gasteiger partial charge in [-0.3, -0.25) is 13.9 Å². The van der Waals surface area contributed by atoms with Crippen LogP contribution in [0, 0.1) is 6.92 Å². The number of anilines is 1. The molecule has 0 fully saturated rings. The highest BCUT2D eigenvalue weighted by molar-refractivity contribution is 7.92. The third-order valence-electron chi connectivity index (χ3n) is 6.44. The van der Waals surface area contributed by atoms with Crippen molar-refractivity contribution in [1.82, 2.24) is 10.2 Å². The molecule has 2 amide bonds. The van der Waals surface area contributed by atoms with E-state index in [0.29, 0.717) is 18.0 Å². The number of hydrogen-bond acceptors (Lipinski definition) is 5. The van der Waals surface area contributed by atoms with Crippen LogP contribution in [-0.2, 0) is 26.2 Å². The smallest absolute Gasteiger partial charge is 0.264 e. The molecule has 0 radical (unpaired) electrons. The second kappa shape index (κ2) is 13.8. The second-order valence-corrected chi connectivity index (χ2v) is 11.2. The summed E-state index contributed by atoms with van der Waals surface area (Å²) in [6, 6.07) is 21.3. The van der Waals surface area contributed by atoms with E-state index >= 15 is 0 Å². The summed E-state index contributed by atoms with van der Waals surface area (Å²) < 4.78 is 33.8. The van der Waals surface area contributed by atoms with Crippen LogP contribution >= 0.6 is 0 Å². The van der Waals surface area contributed by atoms with Gasteiger partial charge in [0.05, 0.1) is 17.7 Å². The minimum atomic E-state index is -4.07. The number of nitrogens with zero attached hydrogens (tertiary/aromatic N) is 2. The fraction of sp³-hybridized carbons (Fsp3) is 0.333. The molecular formula is C30H37N3O5S. The number of carbonyl (C=O) groups excluding carboxylic acids is 2. The van der Waals surface area contributed by atoms with Crippen LogP contribution in [0.15, 0.2) is 83.8 Å². The lowest BCUT2D eigenvalue weighted by Gasteiger charge is -2.32. The zero-order chi connectivity index (χ0) is 28.4. The number of nitrogens with one attached hydrogen (secondary N) is 1. The molecule has 1 N–H and O–H groups in total. The topological polar surface area (TPSA) is 96.0 Å². The normalized spacial score (nSPS) is 11.9. The quantitative estimate of drug-likeness (QED) is 0.315. The minimum Gasteiger partial charge on any atom is -0.497 e. The van der Waals surface area contributed by atoms with Crippen LogP contribution in [-0.4, -0.2) is 51.4 Å². The summed E-state index contributed by atoms with van der Waals surface area (Å²) in [4.78, 5) is 28.4. The van der Waals surface area contributed by atoms with Crippen LogP contribution in [0.1, 0.15) is 37.8 Å². The first kappa shape index (κ1) is 29.7. The Kier molecular flexibility index (Phi) is 10.5. The van der Waals surface area contributed by atoms with Crippen molar-refractivity contribution in [2.75, 3.05) is 24.5 Å². The predicted molar refractivity (Wildman–Crippen MR) is 153 cm³/mol. The summed E-state index contributed by atoms with van der Waals surface area (Å²) in [5.41, 5.74) is 2.10. The van der Waals surface area contributed by atoms with E-state index in [4.69, 9.17) is 4.74 Å². The van der Waals surface area contributed by atoms with E-state index in [1.165, 1.54) is 17.0 Å². The number of amides is 2. The second-order valence-electron chi connectivity index (χ2n) is 9.35. The number of unbranched alkanes of at least 4 members (excludes halogenated alkanes) is 1. The molecular weight excluding hydrogens is 514 g/mol. The number of methoxy groups -OCH3 is 1. The summed E-state index contributed by atoms with van der Waals surface area (Å²) in [5.74, 6) is -0.122. The first-order chi connectivity index (χ1) is 18.7. The third kappa shape index (κ3) is 7.83. The van der Waals surface area contributed by atoms with Gasteiger partial charge < -0.3 is 15.0 Å². The number of hydrogen-bond donors (Lipinski definition) is 1. The first-order valence-electron chi connectivity index (χ1n) is 13.0. The molecule has 3 aromatic rings. The van der Waals surface area contributed by atoms with E-state index in [1.54, 1.807) is 68.6 Å². The zero-order valence-electron chi connectivity index (χ0n) is 23.0. The Labute approximate surface area is 231 Å². The van der Waals surface area contributed by atoms with Crippen molar-refractivity contribution in [1.29, 1.82) is 0 Å². The molecule has 0 bridgehead atoms. The molecule has 208 valence electrons. The monoisotopic (exact) mass is 551 g/mol. The van der Waals surface area contributed by atoms with Gasteiger partial charge in [0.15, 0.2) is 0 Å². The van der Waals surface area contributed by atoms with E-state index in [2.05, 4.69) is 5.32 Å². The summed E-state index contributed by atoms with van der Waals surface area (Å²) >= 11 is 0. The molecule has 0 aliphatic heterocycles. The Morgan fingerprint density at radius 3 is 2.18 bits per heavy atom. The Bertz CT molecular complexity index is 1330. The lowest BCUT2D eigenvalue weighted by atomic mass is 10.1.